The van der Waals surface area contributed by atoms with Gasteiger partial charge < -0.3 is 19.4 Å². The molecule has 0 aromatic heterocycles. The van der Waals surface area contributed by atoms with Gasteiger partial charge >= 0.3 is 6.09 Å². The van der Waals surface area contributed by atoms with Crippen molar-refractivity contribution in [1.29, 1.82) is 0 Å². The van der Waals surface area contributed by atoms with E-state index >= 15 is 0 Å². The third-order valence-electron chi connectivity index (χ3n) is 8.79. The number of benzene rings is 1. The lowest BCUT2D eigenvalue weighted by atomic mass is 9.77. The minimum absolute atomic E-state index is 0.231. The molecule has 3 saturated heterocycles. The highest BCUT2D eigenvalue weighted by Crippen LogP contribution is 2.44. The van der Waals surface area contributed by atoms with Gasteiger partial charge in [-0.05, 0) is 95.4 Å². The van der Waals surface area contributed by atoms with E-state index in [9.17, 15) is 9.59 Å². The van der Waals surface area contributed by atoms with E-state index < -0.39 is 5.60 Å². The van der Waals surface area contributed by atoms with Crippen molar-refractivity contribution < 1.29 is 14.3 Å². The Bertz CT molecular complexity index is 961. The van der Waals surface area contributed by atoms with Gasteiger partial charge in [0.2, 0.25) is 5.91 Å². The van der Waals surface area contributed by atoms with Crippen molar-refractivity contribution in [2.45, 2.75) is 98.5 Å². The Morgan fingerprint density at radius 1 is 1.14 bits per heavy atom. The van der Waals surface area contributed by atoms with Crippen LogP contribution >= 0.6 is 0 Å². The fraction of sp³-hybridized carbons (Fsp3) is 0.742. The first-order chi connectivity index (χ1) is 17.5. The van der Waals surface area contributed by atoms with Gasteiger partial charge in [0.25, 0.3) is 0 Å². The van der Waals surface area contributed by atoms with E-state index in [0.29, 0.717) is 25.9 Å². The molecule has 2 amide bonds. The number of carbonyl (C=O) groups excluding carboxylic acids is 2. The van der Waals surface area contributed by atoms with E-state index in [2.05, 4.69) is 43.9 Å². The lowest BCUT2D eigenvalue weighted by Crippen LogP contribution is -2.48. The third-order valence-corrected chi connectivity index (χ3v) is 8.79. The molecule has 0 radical (unpaired) electrons. The second-order valence-electron chi connectivity index (χ2n) is 13.0. The molecule has 1 spiro atoms. The summed E-state index contributed by atoms with van der Waals surface area (Å²) in [6.07, 6.45) is 8.62. The van der Waals surface area contributed by atoms with Gasteiger partial charge in [-0.3, -0.25) is 4.79 Å². The average Bonchev–Trinajstić information content (AvgIpc) is 3.42. The molecule has 1 aromatic rings. The van der Waals surface area contributed by atoms with Crippen LogP contribution < -0.4 is 9.80 Å². The molecule has 2 atom stereocenters. The summed E-state index contributed by atoms with van der Waals surface area (Å²) in [7, 11) is 0. The zero-order chi connectivity index (χ0) is 26.8. The highest BCUT2D eigenvalue weighted by molar-refractivity contribution is 6.00. The van der Waals surface area contributed by atoms with Gasteiger partial charge in [0.15, 0.2) is 0 Å². The lowest BCUT2D eigenvalue weighted by molar-refractivity contribution is -0.128. The minimum atomic E-state index is -0.501. The van der Waals surface area contributed by atoms with Crippen LogP contribution in [0.15, 0.2) is 18.2 Å². The predicted molar refractivity (Wildman–Crippen MR) is 151 cm³/mol. The summed E-state index contributed by atoms with van der Waals surface area (Å²) in [6.45, 7) is 16.7. The Morgan fingerprint density at radius 2 is 1.84 bits per heavy atom. The zero-order valence-corrected chi connectivity index (χ0v) is 24.1. The van der Waals surface area contributed by atoms with E-state index in [4.69, 9.17) is 4.74 Å². The number of piperidine rings is 1. The summed E-state index contributed by atoms with van der Waals surface area (Å²) < 4.78 is 5.54. The van der Waals surface area contributed by atoms with Crippen LogP contribution in [0.5, 0.6) is 0 Å². The van der Waals surface area contributed by atoms with Gasteiger partial charge in [-0.2, -0.15) is 0 Å². The molecule has 0 saturated carbocycles. The molecule has 6 heteroatoms. The first-order valence-corrected chi connectivity index (χ1v) is 14.7. The SMILES string of the molecule is CCCC[C@H](C)CC1CCN(c2ccc(N3CCC4(CCN(C(=O)OC(C)(C)C)CC4)C3=O)c(C)c2)C1. The van der Waals surface area contributed by atoms with E-state index in [-0.39, 0.29) is 17.4 Å². The first kappa shape index (κ1) is 27.8. The first-order valence-electron chi connectivity index (χ1n) is 14.7. The summed E-state index contributed by atoms with van der Waals surface area (Å²) in [5.74, 6) is 1.84. The number of aryl methyl sites for hydroxylation is 1. The minimum Gasteiger partial charge on any atom is -0.444 e. The molecule has 3 aliphatic rings. The average molecular weight is 512 g/mol. The summed E-state index contributed by atoms with van der Waals surface area (Å²) in [4.78, 5) is 32.5. The van der Waals surface area contributed by atoms with Crippen molar-refractivity contribution in [3.05, 3.63) is 23.8 Å². The molecular weight excluding hydrogens is 462 g/mol. The van der Waals surface area contributed by atoms with Crippen LogP contribution in [0, 0.1) is 24.2 Å². The van der Waals surface area contributed by atoms with Crippen molar-refractivity contribution >= 4 is 23.4 Å². The normalized spacial score (nSPS) is 22.7. The van der Waals surface area contributed by atoms with Crippen LogP contribution in [-0.2, 0) is 9.53 Å². The van der Waals surface area contributed by atoms with Crippen LogP contribution in [0.4, 0.5) is 16.2 Å². The van der Waals surface area contributed by atoms with Crippen molar-refractivity contribution in [3.8, 4) is 0 Å². The smallest absolute Gasteiger partial charge is 0.410 e. The largest absolute Gasteiger partial charge is 0.444 e. The van der Waals surface area contributed by atoms with Crippen molar-refractivity contribution in [1.82, 2.24) is 4.90 Å². The Morgan fingerprint density at radius 3 is 2.49 bits per heavy atom. The summed E-state index contributed by atoms with van der Waals surface area (Å²) in [5.41, 5.74) is 2.66. The van der Waals surface area contributed by atoms with Crippen LogP contribution in [0.1, 0.15) is 91.5 Å². The van der Waals surface area contributed by atoms with Crippen molar-refractivity contribution in [2.24, 2.45) is 17.3 Å². The van der Waals surface area contributed by atoms with Gasteiger partial charge in [-0.1, -0.05) is 33.1 Å². The van der Waals surface area contributed by atoms with Crippen LogP contribution in [0.3, 0.4) is 0 Å². The standard InChI is InChI=1S/C31H49N3O3/c1-7-8-9-23(2)20-25-12-16-33(22-25)26-10-11-27(24(3)21-26)34-19-15-31(28(34)35)13-17-32(18-14-31)29(36)37-30(4,5)6/h10-11,21,23,25H,7-9,12-20,22H2,1-6H3/t23-,25?/m0/s1. The quantitative estimate of drug-likeness (QED) is 0.404. The lowest BCUT2D eigenvalue weighted by Gasteiger charge is -2.38. The third kappa shape index (κ3) is 6.43. The number of anilines is 2. The molecule has 3 aliphatic heterocycles. The topological polar surface area (TPSA) is 53.1 Å². The second kappa shape index (κ2) is 11.2. The Labute approximate surface area is 224 Å². The Kier molecular flexibility index (Phi) is 8.45. The van der Waals surface area contributed by atoms with Gasteiger partial charge in [0.1, 0.15) is 5.60 Å². The zero-order valence-electron chi connectivity index (χ0n) is 24.1. The van der Waals surface area contributed by atoms with E-state index in [1.807, 2.05) is 25.7 Å². The fourth-order valence-electron chi connectivity index (χ4n) is 6.60. The Hall–Kier alpha value is -2.24. The van der Waals surface area contributed by atoms with Crippen molar-refractivity contribution in [3.63, 3.8) is 0 Å². The van der Waals surface area contributed by atoms with Crippen molar-refractivity contribution in [2.75, 3.05) is 42.5 Å². The molecule has 3 heterocycles. The summed E-state index contributed by atoms with van der Waals surface area (Å²) in [6, 6.07) is 6.66. The number of amides is 2. The molecule has 1 unspecified atom stereocenters. The Balaban J connectivity index is 1.34. The molecule has 4 rings (SSSR count). The highest BCUT2D eigenvalue weighted by atomic mass is 16.6. The maximum Gasteiger partial charge on any atom is 0.410 e. The van der Waals surface area contributed by atoms with Gasteiger partial charge in [0.05, 0.1) is 5.41 Å². The van der Waals surface area contributed by atoms with Gasteiger partial charge in [-0.15, -0.1) is 0 Å². The number of hydrogen-bond donors (Lipinski definition) is 0. The van der Waals surface area contributed by atoms with Gasteiger partial charge in [0, 0.05) is 44.1 Å². The van der Waals surface area contributed by atoms with E-state index in [1.165, 1.54) is 43.4 Å². The number of carbonyl (C=O) groups is 2. The molecule has 0 aliphatic carbocycles. The monoisotopic (exact) mass is 511 g/mol. The number of nitrogens with zero attached hydrogens (tertiary/aromatic N) is 3. The predicted octanol–water partition coefficient (Wildman–Crippen LogP) is 6.79. The highest BCUT2D eigenvalue weighted by Gasteiger charge is 2.49. The number of likely N-dealkylation sites (tertiary alicyclic amines) is 1. The molecule has 0 bridgehead atoms. The van der Waals surface area contributed by atoms with Crippen LogP contribution in [-0.4, -0.2) is 55.2 Å². The second-order valence-corrected chi connectivity index (χ2v) is 13.0. The summed E-state index contributed by atoms with van der Waals surface area (Å²) in [5, 5.41) is 0. The number of unbranched alkanes of at least 4 members (excludes halogenated alkanes) is 1. The van der Waals surface area contributed by atoms with Crippen LogP contribution in [0.2, 0.25) is 0 Å². The fourth-order valence-corrected chi connectivity index (χ4v) is 6.60. The molecule has 0 N–H and O–H groups in total. The van der Waals surface area contributed by atoms with E-state index in [0.717, 1.165) is 43.6 Å². The molecule has 206 valence electrons. The number of hydrogen-bond acceptors (Lipinski definition) is 4. The maximum atomic E-state index is 13.7. The number of rotatable bonds is 7. The maximum absolute atomic E-state index is 13.7. The molecule has 3 fully saturated rings. The molecule has 6 nitrogen and oxygen atoms in total. The van der Waals surface area contributed by atoms with E-state index in [1.54, 1.807) is 4.90 Å². The van der Waals surface area contributed by atoms with Crippen LogP contribution in [0.25, 0.3) is 0 Å². The molecular formula is C31H49N3O3. The molecule has 1 aromatic carbocycles. The summed E-state index contributed by atoms with van der Waals surface area (Å²) >= 11 is 0. The molecule has 37 heavy (non-hydrogen) atoms. The number of ether oxygens (including phenoxy) is 1. The van der Waals surface area contributed by atoms with Gasteiger partial charge in [-0.25, -0.2) is 4.79 Å².